The first-order valence-corrected chi connectivity index (χ1v) is 6.36. The van der Waals surface area contributed by atoms with E-state index in [4.69, 9.17) is 10.5 Å². The van der Waals surface area contributed by atoms with Gasteiger partial charge >= 0.3 is 0 Å². The fourth-order valence-corrected chi connectivity index (χ4v) is 3.49. The van der Waals surface area contributed by atoms with Crippen LogP contribution in [-0.2, 0) is 9.73 Å². The van der Waals surface area contributed by atoms with Gasteiger partial charge in [-0.25, -0.2) is 8.99 Å². The topological polar surface area (TPSA) is 66.9 Å². The lowest BCUT2D eigenvalue weighted by Gasteiger charge is -2.27. The molecule has 1 aliphatic rings. The first kappa shape index (κ1) is 9.52. The molecule has 1 fully saturated rings. The van der Waals surface area contributed by atoms with Crippen molar-refractivity contribution >= 4 is 15.4 Å². The van der Waals surface area contributed by atoms with Crippen LogP contribution in [0, 0.1) is 4.78 Å². The third-order valence-corrected chi connectivity index (χ3v) is 5.13. The molecule has 0 heterocycles. The lowest BCUT2D eigenvalue weighted by molar-refractivity contribution is 0.500. The molecule has 0 bridgehead atoms. The van der Waals surface area contributed by atoms with Gasteiger partial charge < -0.3 is 5.73 Å². The Kier molecular flexibility index (Phi) is 2.23. The van der Waals surface area contributed by atoms with Crippen molar-refractivity contribution in [3.63, 3.8) is 0 Å². The minimum atomic E-state index is -2.57. The van der Waals surface area contributed by atoms with Gasteiger partial charge in [0.1, 0.15) is 0 Å². The Morgan fingerprint density at radius 2 is 1.86 bits per heavy atom. The van der Waals surface area contributed by atoms with Gasteiger partial charge in [0.15, 0.2) is 0 Å². The van der Waals surface area contributed by atoms with Crippen molar-refractivity contribution in [2.75, 3.05) is 5.73 Å². The quantitative estimate of drug-likeness (QED) is 0.735. The second-order valence-corrected chi connectivity index (χ2v) is 6.06. The molecule has 0 amide bonds. The zero-order valence-corrected chi connectivity index (χ0v) is 8.72. The molecule has 0 aliphatic heterocycles. The first-order valence-electron chi connectivity index (χ1n) is 4.74. The van der Waals surface area contributed by atoms with Crippen LogP contribution in [0.25, 0.3) is 0 Å². The Hall–Kier alpha value is -1.03. The maximum atomic E-state index is 12.1. The molecule has 14 heavy (non-hydrogen) atoms. The number of rotatable bonds is 2. The first-order chi connectivity index (χ1) is 6.60. The molecule has 0 spiro atoms. The number of nitrogen functional groups attached to an aromatic ring is 1. The van der Waals surface area contributed by atoms with E-state index in [1.165, 1.54) is 0 Å². The van der Waals surface area contributed by atoms with E-state index in [-0.39, 0.29) is 5.25 Å². The summed E-state index contributed by atoms with van der Waals surface area (Å²) in [7, 11) is -2.57. The van der Waals surface area contributed by atoms with Gasteiger partial charge in [0, 0.05) is 15.8 Å². The highest BCUT2D eigenvalue weighted by Crippen LogP contribution is 2.31. The summed E-state index contributed by atoms with van der Waals surface area (Å²) in [4.78, 5) is 0.622. The number of nitrogens with one attached hydrogen (secondary N) is 1. The molecule has 4 heteroatoms. The van der Waals surface area contributed by atoms with Gasteiger partial charge in [-0.15, -0.1) is 0 Å². The van der Waals surface area contributed by atoms with Crippen LogP contribution in [-0.4, -0.2) is 9.46 Å². The molecule has 3 N–H and O–H groups in total. The van der Waals surface area contributed by atoms with E-state index in [2.05, 4.69) is 0 Å². The lowest BCUT2D eigenvalue weighted by Crippen LogP contribution is -2.27. The molecule has 1 aromatic rings. The molecule has 2 rings (SSSR count). The van der Waals surface area contributed by atoms with Gasteiger partial charge in [0.2, 0.25) is 0 Å². The van der Waals surface area contributed by atoms with Crippen molar-refractivity contribution in [2.24, 2.45) is 0 Å². The summed E-state index contributed by atoms with van der Waals surface area (Å²) in [5, 5.41) is 0.0612. The monoisotopic (exact) mass is 210 g/mol. The van der Waals surface area contributed by atoms with Crippen molar-refractivity contribution in [3.8, 4) is 0 Å². The van der Waals surface area contributed by atoms with Crippen LogP contribution in [0.5, 0.6) is 0 Å². The number of anilines is 1. The van der Waals surface area contributed by atoms with E-state index >= 15 is 0 Å². The summed E-state index contributed by atoms with van der Waals surface area (Å²) in [6.07, 6.45) is 2.95. The Balaban J connectivity index is 2.34. The average Bonchev–Trinajstić information content (AvgIpc) is 2.00. The van der Waals surface area contributed by atoms with Gasteiger partial charge in [-0.2, -0.15) is 0 Å². The maximum absolute atomic E-state index is 12.1. The van der Waals surface area contributed by atoms with Crippen molar-refractivity contribution in [1.29, 1.82) is 4.78 Å². The van der Waals surface area contributed by atoms with Crippen LogP contribution in [0.3, 0.4) is 0 Å². The molecule has 1 atom stereocenters. The molecule has 0 aromatic heterocycles. The van der Waals surface area contributed by atoms with Gasteiger partial charge in [-0.3, -0.25) is 0 Å². The standard InChI is InChI=1S/C10H14N2OS/c11-8-4-6-10(7-5-8)14(12,13)9-2-1-3-9/h4-7,9,12H,1-3,11H2. The third-order valence-electron chi connectivity index (χ3n) is 2.75. The normalized spacial score (nSPS) is 21.1. The third kappa shape index (κ3) is 1.50. The van der Waals surface area contributed by atoms with E-state index in [1.54, 1.807) is 24.3 Å². The van der Waals surface area contributed by atoms with Gasteiger partial charge in [-0.05, 0) is 37.1 Å². The van der Waals surface area contributed by atoms with Crippen LogP contribution in [0.2, 0.25) is 0 Å². The summed E-state index contributed by atoms with van der Waals surface area (Å²) in [6.45, 7) is 0. The summed E-state index contributed by atoms with van der Waals surface area (Å²) < 4.78 is 20.0. The number of benzene rings is 1. The Bertz CT molecular complexity index is 418. The SMILES string of the molecule is N=S(=O)(c1ccc(N)cc1)C1CCC1. The van der Waals surface area contributed by atoms with Crippen molar-refractivity contribution < 1.29 is 4.21 Å². The fraction of sp³-hybridized carbons (Fsp3) is 0.400. The van der Waals surface area contributed by atoms with Crippen LogP contribution in [0.1, 0.15) is 19.3 Å². The highest BCUT2D eigenvalue weighted by atomic mass is 32.2. The number of nitrogens with two attached hydrogens (primary N) is 1. The zero-order chi connectivity index (χ0) is 10.2. The minimum absolute atomic E-state index is 0.0612. The van der Waals surface area contributed by atoms with E-state index in [0.717, 1.165) is 19.3 Å². The summed E-state index contributed by atoms with van der Waals surface area (Å²) in [5.74, 6) is 0. The van der Waals surface area contributed by atoms with E-state index < -0.39 is 9.73 Å². The van der Waals surface area contributed by atoms with Crippen LogP contribution < -0.4 is 5.73 Å². The molecule has 1 aliphatic carbocycles. The Morgan fingerprint density at radius 1 is 1.29 bits per heavy atom. The highest BCUT2D eigenvalue weighted by molar-refractivity contribution is 7.93. The van der Waals surface area contributed by atoms with E-state index in [0.29, 0.717) is 10.6 Å². The predicted molar refractivity (Wildman–Crippen MR) is 57.6 cm³/mol. The van der Waals surface area contributed by atoms with Crippen molar-refractivity contribution in [3.05, 3.63) is 24.3 Å². The largest absolute Gasteiger partial charge is 0.399 e. The molecule has 1 aromatic carbocycles. The Labute approximate surface area is 84.3 Å². The molecule has 3 nitrogen and oxygen atoms in total. The second-order valence-electron chi connectivity index (χ2n) is 3.72. The lowest BCUT2D eigenvalue weighted by atomic mass is 10.00. The van der Waals surface area contributed by atoms with Crippen LogP contribution in [0.4, 0.5) is 5.69 Å². The van der Waals surface area contributed by atoms with Crippen LogP contribution in [0.15, 0.2) is 29.2 Å². The van der Waals surface area contributed by atoms with E-state index in [9.17, 15) is 4.21 Å². The average molecular weight is 210 g/mol. The summed E-state index contributed by atoms with van der Waals surface area (Å²) in [6, 6.07) is 6.84. The molecule has 76 valence electrons. The summed E-state index contributed by atoms with van der Waals surface area (Å²) >= 11 is 0. The molecular weight excluding hydrogens is 196 g/mol. The Morgan fingerprint density at radius 3 is 2.29 bits per heavy atom. The van der Waals surface area contributed by atoms with Crippen molar-refractivity contribution in [1.82, 2.24) is 0 Å². The molecular formula is C10H14N2OS. The number of hydrogen-bond donors (Lipinski definition) is 2. The molecule has 1 unspecified atom stereocenters. The maximum Gasteiger partial charge on any atom is 0.0755 e. The molecule has 0 radical (unpaired) electrons. The zero-order valence-electron chi connectivity index (χ0n) is 7.90. The van der Waals surface area contributed by atoms with Gasteiger partial charge in [0.25, 0.3) is 0 Å². The van der Waals surface area contributed by atoms with Crippen LogP contribution >= 0.6 is 0 Å². The highest BCUT2D eigenvalue weighted by Gasteiger charge is 2.29. The minimum Gasteiger partial charge on any atom is -0.399 e. The van der Waals surface area contributed by atoms with Gasteiger partial charge in [0.05, 0.1) is 9.73 Å². The summed E-state index contributed by atoms with van der Waals surface area (Å²) in [5.41, 5.74) is 6.19. The number of hydrogen-bond acceptors (Lipinski definition) is 3. The van der Waals surface area contributed by atoms with E-state index in [1.807, 2.05) is 0 Å². The molecule has 0 saturated heterocycles. The van der Waals surface area contributed by atoms with Crippen molar-refractivity contribution in [2.45, 2.75) is 29.4 Å². The second kappa shape index (κ2) is 3.28. The molecule has 1 saturated carbocycles. The van der Waals surface area contributed by atoms with Gasteiger partial charge in [-0.1, -0.05) is 6.42 Å². The fourth-order valence-electron chi connectivity index (χ4n) is 1.57. The predicted octanol–water partition coefficient (Wildman–Crippen LogP) is 2.23. The smallest absolute Gasteiger partial charge is 0.0755 e.